The molecule has 1 aromatic carbocycles. The quantitative estimate of drug-likeness (QED) is 0.854. The lowest BCUT2D eigenvalue weighted by Crippen LogP contribution is -2.27. The zero-order chi connectivity index (χ0) is 14.8. The predicted molar refractivity (Wildman–Crippen MR) is 77.7 cm³/mol. The molecule has 20 heavy (non-hydrogen) atoms. The second kappa shape index (κ2) is 5.64. The van der Waals surface area contributed by atoms with Gasteiger partial charge in [-0.05, 0) is 18.9 Å². The van der Waals surface area contributed by atoms with Gasteiger partial charge in [-0.15, -0.1) is 0 Å². The summed E-state index contributed by atoms with van der Waals surface area (Å²) in [6.45, 7) is 2.00. The van der Waals surface area contributed by atoms with Gasteiger partial charge in [0.1, 0.15) is 4.90 Å². The lowest BCUT2D eigenvalue weighted by atomic mass is 10.2. The van der Waals surface area contributed by atoms with Crippen LogP contribution in [0.25, 0.3) is 0 Å². The van der Waals surface area contributed by atoms with Crippen LogP contribution in [0.15, 0.2) is 35.2 Å². The van der Waals surface area contributed by atoms with E-state index in [-0.39, 0.29) is 10.7 Å². The molecular weight excluding hydrogens is 276 g/mol. The number of nitrogens with one attached hydrogen (secondary N) is 1. The van der Waals surface area contributed by atoms with Crippen molar-refractivity contribution in [1.82, 2.24) is 14.5 Å². The van der Waals surface area contributed by atoms with Gasteiger partial charge in [0.2, 0.25) is 10.0 Å². The number of nitrogens with two attached hydrogens (primary N) is 1. The van der Waals surface area contributed by atoms with E-state index in [9.17, 15) is 8.42 Å². The smallest absolute Gasteiger partial charge is 0.246 e. The van der Waals surface area contributed by atoms with Crippen molar-refractivity contribution < 1.29 is 8.42 Å². The van der Waals surface area contributed by atoms with Gasteiger partial charge in [0.05, 0.1) is 5.69 Å². The van der Waals surface area contributed by atoms with Crippen molar-refractivity contribution in [3.05, 3.63) is 41.6 Å². The molecule has 0 saturated heterocycles. The Balaban J connectivity index is 2.08. The van der Waals surface area contributed by atoms with Gasteiger partial charge in [0.15, 0.2) is 5.82 Å². The number of nitrogen functional groups attached to an aromatic ring is 1. The molecular formula is C13H18N4O2S. The Kier molecular flexibility index (Phi) is 4.10. The molecule has 0 aliphatic heterocycles. The van der Waals surface area contributed by atoms with Gasteiger partial charge in [-0.25, -0.2) is 13.1 Å². The molecule has 0 fully saturated rings. The van der Waals surface area contributed by atoms with Crippen LogP contribution in [0.2, 0.25) is 0 Å². The normalized spacial score (nSPS) is 11.7. The molecule has 0 radical (unpaired) electrons. The first kappa shape index (κ1) is 14.5. The second-order valence-corrected chi connectivity index (χ2v) is 6.26. The Morgan fingerprint density at radius 3 is 2.50 bits per heavy atom. The molecule has 3 N–H and O–H groups in total. The van der Waals surface area contributed by atoms with E-state index < -0.39 is 10.0 Å². The predicted octanol–water partition coefficient (Wildman–Crippen LogP) is 0.832. The summed E-state index contributed by atoms with van der Waals surface area (Å²) < 4.78 is 28.5. The minimum absolute atomic E-state index is 0.0252. The van der Waals surface area contributed by atoms with Gasteiger partial charge in [0.25, 0.3) is 0 Å². The van der Waals surface area contributed by atoms with E-state index >= 15 is 0 Å². The molecule has 0 unspecified atom stereocenters. The largest absolute Gasteiger partial charge is 0.381 e. The van der Waals surface area contributed by atoms with Crippen LogP contribution in [0.1, 0.15) is 11.3 Å². The third kappa shape index (κ3) is 3.00. The average Bonchev–Trinajstić information content (AvgIpc) is 2.64. The maximum absolute atomic E-state index is 12.2. The summed E-state index contributed by atoms with van der Waals surface area (Å²) in [5.41, 5.74) is 7.26. The van der Waals surface area contributed by atoms with Crippen molar-refractivity contribution in [3.8, 4) is 0 Å². The van der Waals surface area contributed by atoms with Crippen LogP contribution in [-0.2, 0) is 23.5 Å². The van der Waals surface area contributed by atoms with Gasteiger partial charge >= 0.3 is 0 Å². The Morgan fingerprint density at radius 1 is 1.30 bits per heavy atom. The lowest BCUT2D eigenvalue weighted by molar-refractivity contribution is 0.581. The molecule has 0 aliphatic carbocycles. The molecule has 1 aromatic heterocycles. The standard InChI is InChI=1S/C13H18N4O2S/c1-10-12(13(14)16-17(10)2)20(18,19)15-9-8-11-6-4-3-5-7-11/h3-7,15H,8-9H2,1-2H3,(H2,14,16). The number of nitrogens with zero attached hydrogens (tertiary/aromatic N) is 2. The van der Waals surface area contributed by atoms with E-state index in [1.807, 2.05) is 30.3 Å². The van der Waals surface area contributed by atoms with Crippen LogP contribution in [0.3, 0.4) is 0 Å². The van der Waals surface area contributed by atoms with Crippen molar-refractivity contribution in [1.29, 1.82) is 0 Å². The Bertz CT molecular complexity index is 693. The molecule has 0 spiro atoms. The zero-order valence-electron chi connectivity index (χ0n) is 11.5. The fourth-order valence-corrected chi connectivity index (χ4v) is 3.35. The Hall–Kier alpha value is -1.86. The number of sulfonamides is 1. The summed E-state index contributed by atoms with van der Waals surface area (Å²) >= 11 is 0. The SMILES string of the molecule is Cc1c(S(=O)(=O)NCCc2ccccc2)c(N)nn1C. The van der Waals surface area contributed by atoms with E-state index in [0.717, 1.165) is 5.56 Å². The number of benzene rings is 1. The second-order valence-electron chi connectivity index (χ2n) is 4.56. The monoisotopic (exact) mass is 294 g/mol. The number of hydrogen-bond donors (Lipinski definition) is 2. The van der Waals surface area contributed by atoms with Crippen LogP contribution in [0.5, 0.6) is 0 Å². The van der Waals surface area contributed by atoms with Crippen LogP contribution in [0, 0.1) is 6.92 Å². The first-order valence-corrected chi connectivity index (χ1v) is 7.73. The van der Waals surface area contributed by atoms with Crippen molar-refractivity contribution >= 4 is 15.8 Å². The number of anilines is 1. The molecule has 7 heteroatoms. The Labute approximate surface area is 118 Å². The first-order valence-electron chi connectivity index (χ1n) is 6.24. The van der Waals surface area contributed by atoms with Gasteiger partial charge in [-0.2, -0.15) is 5.10 Å². The minimum Gasteiger partial charge on any atom is -0.381 e. The molecule has 2 rings (SSSR count). The molecule has 2 aromatic rings. The van der Waals surface area contributed by atoms with E-state index in [4.69, 9.17) is 5.73 Å². The molecule has 6 nitrogen and oxygen atoms in total. The fourth-order valence-electron chi connectivity index (χ4n) is 1.99. The van der Waals surface area contributed by atoms with E-state index in [0.29, 0.717) is 18.7 Å². The fraction of sp³-hybridized carbons (Fsp3) is 0.308. The van der Waals surface area contributed by atoms with Gasteiger partial charge < -0.3 is 5.73 Å². The average molecular weight is 294 g/mol. The zero-order valence-corrected chi connectivity index (χ0v) is 12.3. The van der Waals surface area contributed by atoms with E-state index in [1.54, 1.807) is 14.0 Å². The third-order valence-corrected chi connectivity index (χ3v) is 4.75. The number of hydrogen-bond acceptors (Lipinski definition) is 4. The number of rotatable bonds is 5. The van der Waals surface area contributed by atoms with Crippen molar-refractivity contribution in [2.24, 2.45) is 7.05 Å². The lowest BCUT2D eigenvalue weighted by Gasteiger charge is -2.07. The first-order chi connectivity index (χ1) is 9.42. The van der Waals surface area contributed by atoms with Gasteiger partial charge in [0, 0.05) is 13.6 Å². The van der Waals surface area contributed by atoms with Gasteiger partial charge in [-0.1, -0.05) is 30.3 Å². The highest BCUT2D eigenvalue weighted by atomic mass is 32.2. The van der Waals surface area contributed by atoms with Crippen molar-refractivity contribution in [2.75, 3.05) is 12.3 Å². The van der Waals surface area contributed by atoms with Gasteiger partial charge in [-0.3, -0.25) is 4.68 Å². The molecule has 108 valence electrons. The topological polar surface area (TPSA) is 90.0 Å². The number of aryl methyl sites for hydroxylation is 1. The van der Waals surface area contributed by atoms with Crippen LogP contribution >= 0.6 is 0 Å². The summed E-state index contributed by atoms with van der Waals surface area (Å²) in [5.74, 6) is 0.0252. The minimum atomic E-state index is -3.63. The van der Waals surface area contributed by atoms with Crippen molar-refractivity contribution in [2.45, 2.75) is 18.2 Å². The maximum atomic E-state index is 12.2. The summed E-state index contributed by atoms with van der Waals surface area (Å²) in [6, 6.07) is 9.68. The highest BCUT2D eigenvalue weighted by Gasteiger charge is 2.23. The molecule has 0 bridgehead atoms. The highest BCUT2D eigenvalue weighted by Crippen LogP contribution is 2.20. The summed E-state index contributed by atoms with van der Waals surface area (Å²) in [4.78, 5) is 0.0630. The molecule has 0 aliphatic rings. The van der Waals surface area contributed by atoms with Crippen LogP contribution in [-0.4, -0.2) is 24.7 Å². The molecule has 1 heterocycles. The summed E-state index contributed by atoms with van der Waals surface area (Å²) in [7, 11) is -1.97. The molecule has 0 saturated carbocycles. The van der Waals surface area contributed by atoms with E-state index in [2.05, 4.69) is 9.82 Å². The third-order valence-electron chi connectivity index (χ3n) is 3.12. The Morgan fingerprint density at radius 2 is 1.95 bits per heavy atom. The molecule has 0 amide bonds. The van der Waals surface area contributed by atoms with Crippen LogP contribution < -0.4 is 10.5 Å². The van der Waals surface area contributed by atoms with E-state index in [1.165, 1.54) is 4.68 Å². The summed E-state index contributed by atoms with van der Waals surface area (Å²) in [6.07, 6.45) is 0.624. The number of aromatic nitrogens is 2. The highest BCUT2D eigenvalue weighted by molar-refractivity contribution is 7.89. The molecule has 0 atom stereocenters. The summed E-state index contributed by atoms with van der Waals surface area (Å²) in [5, 5.41) is 3.92. The van der Waals surface area contributed by atoms with Crippen molar-refractivity contribution in [3.63, 3.8) is 0 Å². The maximum Gasteiger partial charge on any atom is 0.246 e. The van der Waals surface area contributed by atoms with Crippen LogP contribution in [0.4, 0.5) is 5.82 Å².